The van der Waals surface area contributed by atoms with Gasteiger partial charge in [-0.15, -0.1) is 0 Å². The average molecular weight is 380 g/mol. The molecular formula is C21H24N4O3. The summed E-state index contributed by atoms with van der Waals surface area (Å²) in [6, 6.07) is 9.47. The third kappa shape index (κ3) is 4.27. The molecule has 2 heterocycles. The summed E-state index contributed by atoms with van der Waals surface area (Å²) in [6.07, 6.45) is 6.63. The smallest absolute Gasteiger partial charge is 0.335 e. The highest BCUT2D eigenvalue weighted by Gasteiger charge is 2.20. The van der Waals surface area contributed by atoms with Crippen LogP contribution in [0.3, 0.4) is 0 Å². The second-order valence-electron chi connectivity index (χ2n) is 6.75. The Morgan fingerprint density at radius 3 is 2.71 bits per heavy atom. The molecule has 28 heavy (non-hydrogen) atoms. The van der Waals surface area contributed by atoms with Gasteiger partial charge in [0, 0.05) is 29.9 Å². The van der Waals surface area contributed by atoms with Crippen molar-refractivity contribution in [2.75, 3.05) is 6.54 Å². The minimum atomic E-state index is -0.992. The second kappa shape index (κ2) is 8.77. The van der Waals surface area contributed by atoms with Crippen LogP contribution in [-0.2, 0) is 4.79 Å². The van der Waals surface area contributed by atoms with E-state index < -0.39 is 12.0 Å². The molecule has 146 valence electrons. The first-order valence-corrected chi connectivity index (χ1v) is 9.31. The zero-order chi connectivity index (χ0) is 20.1. The van der Waals surface area contributed by atoms with E-state index in [-0.39, 0.29) is 11.3 Å². The number of carbonyl (C=O) groups excluding carboxylic acids is 1. The molecule has 5 N–H and O–H groups in total. The molecule has 0 aliphatic carbocycles. The van der Waals surface area contributed by atoms with Gasteiger partial charge in [-0.25, -0.2) is 9.78 Å². The summed E-state index contributed by atoms with van der Waals surface area (Å²) in [6.45, 7) is 0.624. The maximum Gasteiger partial charge on any atom is 0.335 e. The number of fused-ring (bicyclic) bond motifs is 1. The number of hydrogen-bond acceptors (Lipinski definition) is 5. The van der Waals surface area contributed by atoms with Crippen LogP contribution in [0.5, 0.6) is 0 Å². The number of Topliss-reactive ketones (excluding diaryl/α,β-unsaturated/α-hetero) is 1. The first-order chi connectivity index (χ1) is 13.5. The van der Waals surface area contributed by atoms with Crippen molar-refractivity contribution in [3.05, 3.63) is 59.9 Å². The van der Waals surface area contributed by atoms with Crippen LogP contribution in [0.15, 0.2) is 48.8 Å². The number of carboxylic acid groups (broad SMARTS) is 1. The highest BCUT2D eigenvalue weighted by Crippen LogP contribution is 2.25. The maximum absolute atomic E-state index is 12.5. The van der Waals surface area contributed by atoms with Crippen molar-refractivity contribution < 1.29 is 14.7 Å². The Morgan fingerprint density at radius 1 is 1.14 bits per heavy atom. The molecular weight excluding hydrogens is 356 g/mol. The molecule has 1 aromatic carbocycles. The summed E-state index contributed by atoms with van der Waals surface area (Å²) in [5.74, 6) is -1.02. The molecule has 0 bridgehead atoms. The Morgan fingerprint density at radius 2 is 1.96 bits per heavy atom. The van der Waals surface area contributed by atoms with Gasteiger partial charge in [0.25, 0.3) is 0 Å². The minimum absolute atomic E-state index is 0.0254. The topological polar surface area (TPSA) is 124 Å². The van der Waals surface area contributed by atoms with Crippen LogP contribution in [0, 0.1) is 0 Å². The van der Waals surface area contributed by atoms with Crippen LogP contribution in [0.1, 0.15) is 47.6 Å². The number of ketones is 1. The van der Waals surface area contributed by atoms with Crippen molar-refractivity contribution in [2.24, 2.45) is 11.5 Å². The number of carboxylic acids is 1. The lowest BCUT2D eigenvalue weighted by atomic mass is 10.0. The number of nitrogens with two attached hydrogens (primary N) is 2. The van der Waals surface area contributed by atoms with Crippen molar-refractivity contribution in [3.8, 4) is 11.3 Å². The predicted molar refractivity (Wildman–Crippen MR) is 107 cm³/mol. The molecule has 1 unspecified atom stereocenters. The molecule has 3 aromatic rings. The van der Waals surface area contributed by atoms with Crippen LogP contribution < -0.4 is 11.5 Å². The van der Waals surface area contributed by atoms with E-state index in [0.717, 1.165) is 19.3 Å². The molecule has 1 atom stereocenters. The number of carbonyl (C=O) groups is 2. The van der Waals surface area contributed by atoms with Crippen molar-refractivity contribution in [2.45, 2.75) is 31.7 Å². The third-order valence-electron chi connectivity index (χ3n) is 4.73. The van der Waals surface area contributed by atoms with Gasteiger partial charge in [-0.05, 0) is 37.6 Å². The van der Waals surface area contributed by atoms with E-state index >= 15 is 0 Å². The fourth-order valence-corrected chi connectivity index (χ4v) is 3.18. The second-order valence-corrected chi connectivity index (χ2v) is 6.75. The first kappa shape index (κ1) is 19.7. The van der Waals surface area contributed by atoms with Crippen LogP contribution in [0.2, 0.25) is 0 Å². The molecule has 3 rings (SSSR count). The Balaban J connectivity index is 1.88. The molecule has 2 aromatic heterocycles. The lowest BCUT2D eigenvalue weighted by Crippen LogP contribution is -2.22. The molecule has 0 radical (unpaired) electrons. The van der Waals surface area contributed by atoms with E-state index in [2.05, 4.69) is 4.98 Å². The van der Waals surface area contributed by atoms with Gasteiger partial charge in [0.15, 0.2) is 5.78 Å². The lowest BCUT2D eigenvalue weighted by Gasteiger charge is -2.12. The number of aromatic nitrogens is 2. The van der Waals surface area contributed by atoms with Gasteiger partial charge in [-0.2, -0.15) is 0 Å². The number of nitrogens with zero attached hydrogens (tertiary/aromatic N) is 2. The summed E-state index contributed by atoms with van der Waals surface area (Å²) >= 11 is 0. The van der Waals surface area contributed by atoms with Crippen molar-refractivity contribution >= 4 is 17.4 Å². The van der Waals surface area contributed by atoms with E-state index in [9.17, 15) is 14.7 Å². The summed E-state index contributed by atoms with van der Waals surface area (Å²) in [5, 5.41) is 9.19. The lowest BCUT2D eigenvalue weighted by molar-refractivity contribution is -0.120. The van der Waals surface area contributed by atoms with Crippen molar-refractivity contribution in [1.82, 2.24) is 9.38 Å². The highest BCUT2D eigenvalue weighted by molar-refractivity contribution is 5.89. The van der Waals surface area contributed by atoms with E-state index in [1.165, 1.54) is 6.07 Å². The normalized spacial score (nSPS) is 12.2. The molecule has 0 spiro atoms. The number of benzene rings is 1. The van der Waals surface area contributed by atoms with Gasteiger partial charge < -0.3 is 21.0 Å². The van der Waals surface area contributed by atoms with Gasteiger partial charge in [-0.1, -0.05) is 24.6 Å². The zero-order valence-electron chi connectivity index (χ0n) is 15.5. The van der Waals surface area contributed by atoms with E-state index in [4.69, 9.17) is 11.5 Å². The van der Waals surface area contributed by atoms with E-state index in [0.29, 0.717) is 35.4 Å². The van der Waals surface area contributed by atoms with Crippen LogP contribution in [-0.4, -0.2) is 32.8 Å². The van der Waals surface area contributed by atoms with Crippen LogP contribution in [0.4, 0.5) is 0 Å². The third-order valence-corrected chi connectivity index (χ3v) is 4.73. The number of unbranched alkanes of at least 4 members (excludes halogenated alkanes) is 2. The Bertz CT molecular complexity index is 996. The first-order valence-electron chi connectivity index (χ1n) is 9.31. The number of aromatic carboxylic acids is 1. The Hall–Kier alpha value is -3.03. The van der Waals surface area contributed by atoms with Crippen LogP contribution in [0.25, 0.3) is 16.9 Å². The van der Waals surface area contributed by atoms with E-state index in [1.54, 1.807) is 28.8 Å². The molecule has 0 saturated carbocycles. The standard InChI is InChI=1S/C21H24N4O3/c22-10-3-1-2-9-18(26)19(23)16-8-5-11-25-13-17(24-20(16)25)14-6-4-7-15(12-14)21(27)28/h4-8,11-13,19H,1-3,9-10,22-23H2,(H,27,28). The molecule has 0 amide bonds. The van der Waals surface area contributed by atoms with Gasteiger partial charge in [-0.3, -0.25) is 4.79 Å². The SMILES string of the molecule is NCCCCCC(=O)C(N)c1cccn2cc(-c3cccc(C(=O)O)c3)nc12. The number of imidazole rings is 1. The molecule has 0 aliphatic heterocycles. The maximum atomic E-state index is 12.5. The van der Waals surface area contributed by atoms with Gasteiger partial charge in [0.1, 0.15) is 5.65 Å². The summed E-state index contributed by atoms with van der Waals surface area (Å²) < 4.78 is 1.81. The highest BCUT2D eigenvalue weighted by atomic mass is 16.4. The monoisotopic (exact) mass is 380 g/mol. The summed E-state index contributed by atoms with van der Waals surface area (Å²) in [5.41, 5.74) is 14.5. The Labute approximate surface area is 163 Å². The van der Waals surface area contributed by atoms with Crippen LogP contribution >= 0.6 is 0 Å². The number of pyridine rings is 1. The molecule has 0 aliphatic rings. The van der Waals surface area contributed by atoms with E-state index in [1.807, 2.05) is 18.3 Å². The van der Waals surface area contributed by atoms with Gasteiger partial charge in [0.05, 0.1) is 17.3 Å². The van der Waals surface area contributed by atoms with Gasteiger partial charge >= 0.3 is 5.97 Å². The van der Waals surface area contributed by atoms with Crippen molar-refractivity contribution in [1.29, 1.82) is 0 Å². The fraction of sp³-hybridized carbons (Fsp3) is 0.286. The van der Waals surface area contributed by atoms with Crippen molar-refractivity contribution in [3.63, 3.8) is 0 Å². The minimum Gasteiger partial charge on any atom is -0.478 e. The molecule has 7 heteroatoms. The summed E-state index contributed by atoms with van der Waals surface area (Å²) in [4.78, 5) is 28.3. The van der Waals surface area contributed by atoms with Gasteiger partial charge in [0.2, 0.25) is 0 Å². The quantitative estimate of drug-likeness (QED) is 0.490. The predicted octanol–water partition coefficient (Wildman–Crippen LogP) is 2.79. The number of hydrogen-bond donors (Lipinski definition) is 3. The largest absolute Gasteiger partial charge is 0.478 e. The molecule has 0 fully saturated rings. The fourth-order valence-electron chi connectivity index (χ4n) is 3.18. The molecule has 0 saturated heterocycles. The number of rotatable bonds is 9. The Kier molecular flexibility index (Phi) is 6.18. The zero-order valence-corrected chi connectivity index (χ0v) is 15.5. The average Bonchev–Trinajstić information content (AvgIpc) is 3.15. The molecule has 7 nitrogen and oxygen atoms in total. The summed E-state index contributed by atoms with van der Waals surface area (Å²) in [7, 11) is 0.